The van der Waals surface area contributed by atoms with Gasteiger partial charge in [-0.2, -0.15) is 4.98 Å². The Bertz CT molecular complexity index is 587. The van der Waals surface area contributed by atoms with E-state index in [1.165, 1.54) is 0 Å². The summed E-state index contributed by atoms with van der Waals surface area (Å²) in [4.78, 5) is 4.24. The molecule has 0 spiro atoms. The van der Waals surface area contributed by atoms with Gasteiger partial charge in [0.1, 0.15) is 0 Å². The molecule has 0 bridgehead atoms. The first-order valence-corrected chi connectivity index (χ1v) is 6.52. The Kier molecular flexibility index (Phi) is 4.64. The van der Waals surface area contributed by atoms with Gasteiger partial charge in [-0.3, -0.25) is 0 Å². The van der Waals surface area contributed by atoms with Crippen LogP contribution in [0.5, 0.6) is 17.2 Å². The van der Waals surface area contributed by atoms with Gasteiger partial charge in [0.25, 0.3) is 0 Å². The molecule has 21 heavy (non-hydrogen) atoms. The number of rotatable bonds is 6. The lowest BCUT2D eigenvalue weighted by Crippen LogP contribution is -2.14. The molecule has 0 aliphatic heterocycles. The fourth-order valence-corrected chi connectivity index (χ4v) is 1.97. The van der Waals surface area contributed by atoms with Crippen LogP contribution in [0.25, 0.3) is 0 Å². The molecular formula is C14H19N3O4. The fourth-order valence-electron chi connectivity index (χ4n) is 1.97. The smallest absolute Gasteiger partial charge is 0.226 e. The van der Waals surface area contributed by atoms with Gasteiger partial charge >= 0.3 is 0 Å². The molecule has 2 rings (SSSR count). The van der Waals surface area contributed by atoms with Gasteiger partial charge < -0.3 is 24.5 Å². The zero-order valence-electron chi connectivity index (χ0n) is 12.5. The van der Waals surface area contributed by atoms with Crippen molar-refractivity contribution in [3.63, 3.8) is 0 Å². The van der Waals surface area contributed by atoms with Crippen molar-refractivity contribution in [2.75, 3.05) is 21.3 Å². The third-order valence-electron chi connectivity index (χ3n) is 3.11. The molecule has 0 amide bonds. The van der Waals surface area contributed by atoms with Crippen molar-refractivity contribution in [3.8, 4) is 17.2 Å². The molecule has 0 fully saturated rings. The van der Waals surface area contributed by atoms with Crippen LogP contribution >= 0.6 is 0 Å². The van der Waals surface area contributed by atoms with Gasteiger partial charge in [-0.1, -0.05) is 12.1 Å². The molecule has 1 heterocycles. The molecule has 2 N–H and O–H groups in total. The number of methoxy groups -OCH3 is 3. The summed E-state index contributed by atoms with van der Waals surface area (Å²) < 4.78 is 21.0. The van der Waals surface area contributed by atoms with Crippen LogP contribution in [0.3, 0.4) is 0 Å². The third-order valence-corrected chi connectivity index (χ3v) is 3.11. The molecule has 1 aromatic heterocycles. The number of aryl methyl sites for hydroxylation is 1. The van der Waals surface area contributed by atoms with E-state index in [-0.39, 0.29) is 0 Å². The maximum Gasteiger partial charge on any atom is 0.226 e. The summed E-state index contributed by atoms with van der Waals surface area (Å²) in [7, 11) is 4.65. The zero-order valence-corrected chi connectivity index (χ0v) is 12.5. The second-order valence-electron chi connectivity index (χ2n) is 4.34. The molecule has 0 saturated carbocycles. The lowest BCUT2D eigenvalue weighted by Gasteiger charge is -2.16. The quantitative estimate of drug-likeness (QED) is 0.866. The predicted molar refractivity (Wildman–Crippen MR) is 75.8 cm³/mol. The summed E-state index contributed by atoms with van der Waals surface area (Å²) >= 11 is 0. The van der Waals surface area contributed by atoms with Gasteiger partial charge in [-0.25, -0.2) is 0 Å². The monoisotopic (exact) mass is 293 g/mol. The van der Waals surface area contributed by atoms with Gasteiger partial charge in [0.05, 0.1) is 27.4 Å². The Morgan fingerprint density at radius 3 is 2.19 bits per heavy atom. The maximum absolute atomic E-state index is 6.19. The van der Waals surface area contributed by atoms with Crippen LogP contribution < -0.4 is 19.9 Å². The SMILES string of the molecule is CCc1nc(C(N)c2cc(OC)c(OC)c(OC)c2)no1. The largest absolute Gasteiger partial charge is 0.493 e. The maximum atomic E-state index is 6.19. The Labute approximate surface area is 123 Å². The number of hydrogen-bond acceptors (Lipinski definition) is 7. The predicted octanol–water partition coefficient (Wildman–Crippen LogP) is 1.71. The molecule has 0 aliphatic rings. The van der Waals surface area contributed by atoms with Crippen LogP contribution in [0.4, 0.5) is 0 Å². The number of nitrogens with two attached hydrogens (primary N) is 1. The third kappa shape index (κ3) is 2.92. The summed E-state index contributed by atoms with van der Waals surface area (Å²) in [6.45, 7) is 1.93. The number of nitrogens with zero attached hydrogens (tertiary/aromatic N) is 2. The molecule has 114 valence electrons. The first-order chi connectivity index (χ1) is 10.1. The number of hydrogen-bond donors (Lipinski definition) is 1. The van der Waals surface area contributed by atoms with Crippen molar-refractivity contribution < 1.29 is 18.7 Å². The molecule has 1 aromatic carbocycles. The van der Waals surface area contributed by atoms with E-state index in [0.717, 1.165) is 5.56 Å². The van der Waals surface area contributed by atoms with Crippen LogP contribution in [0, 0.1) is 0 Å². The lowest BCUT2D eigenvalue weighted by molar-refractivity contribution is 0.323. The minimum Gasteiger partial charge on any atom is -0.493 e. The van der Waals surface area contributed by atoms with Gasteiger partial charge in [0.15, 0.2) is 17.3 Å². The van der Waals surface area contributed by atoms with Crippen LogP contribution in [0.2, 0.25) is 0 Å². The standard InChI is InChI=1S/C14H19N3O4/c1-5-11-16-14(17-21-11)12(15)8-6-9(18-2)13(20-4)10(7-8)19-3/h6-7,12H,5,15H2,1-4H3. The average molecular weight is 293 g/mol. The van der Waals surface area contributed by atoms with E-state index in [4.69, 9.17) is 24.5 Å². The summed E-state index contributed by atoms with van der Waals surface area (Å²) in [5.74, 6) is 2.54. The topological polar surface area (TPSA) is 92.6 Å². The Hall–Kier alpha value is -2.28. The molecule has 0 saturated heterocycles. The molecule has 1 unspecified atom stereocenters. The van der Waals surface area contributed by atoms with Crippen molar-refractivity contribution in [2.45, 2.75) is 19.4 Å². The minimum atomic E-state index is -0.539. The summed E-state index contributed by atoms with van der Waals surface area (Å²) in [5.41, 5.74) is 6.93. The summed E-state index contributed by atoms with van der Waals surface area (Å²) in [6, 6.07) is 3.00. The average Bonchev–Trinajstić information content (AvgIpc) is 3.01. The van der Waals surface area contributed by atoms with Gasteiger partial charge in [0, 0.05) is 6.42 Å². The van der Waals surface area contributed by atoms with Crippen molar-refractivity contribution in [1.82, 2.24) is 10.1 Å². The van der Waals surface area contributed by atoms with Crippen molar-refractivity contribution in [1.29, 1.82) is 0 Å². The van der Waals surface area contributed by atoms with E-state index >= 15 is 0 Å². The summed E-state index contributed by atoms with van der Waals surface area (Å²) in [5, 5.41) is 3.89. The highest BCUT2D eigenvalue weighted by atomic mass is 16.5. The molecule has 2 aromatic rings. The van der Waals surface area contributed by atoms with E-state index < -0.39 is 6.04 Å². The second kappa shape index (κ2) is 6.45. The van der Waals surface area contributed by atoms with Gasteiger partial charge in [-0.05, 0) is 17.7 Å². The first kappa shape index (κ1) is 15.1. The van der Waals surface area contributed by atoms with Gasteiger partial charge in [0.2, 0.25) is 11.6 Å². The molecule has 0 aliphatic carbocycles. The van der Waals surface area contributed by atoms with E-state index in [2.05, 4.69) is 10.1 Å². The van der Waals surface area contributed by atoms with Gasteiger partial charge in [-0.15, -0.1) is 0 Å². The lowest BCUT2D eigenvalue weighted by atomic mass is 10.1. The van der Waals surface area contributed by atoms with Crippen LogP contribution in [0.15, 0.2) is 16.7 Å². The molecule has 7 heteroatoms. The highest BCUT2D eigenvalue weighted by Gasteiger charge is 2.21. The first-order valence-electron chi connectivity index (χ1n) is 6.52. The molecule has 7 nitrogen and oxygen atoms in total. The minimum absolute atomic E-state index is 0.418. The number of benzene rings is 1. The van der Waals surface area contributed by atoms with Crippen LogP contribution in [0.1, 0.15) is 30.2 Å². The van der Waals surface area contributed by atoms with Crippen molar-refractivity contribution in [3.05, 3.63) is 29.4 Å². The Morgan fingerprint density at radius 2 is 1.76 bits per heavy atom. The number of aromatic nitrogens is 2. The zero-order chi connectivity index (χ0) is 15.4. The number of ether oxygens (including phenoxy) is 3. The van der Waals surface area contributed by atoms with E-state index in [9.17, 15) is 0 Å². The van der Waals surface area contributed by atoms with Crippen molar-refractivity contribution >= 4 is 0 Å². The fraction of sp³-hybridized carbons (Fsp3) is 0.429. The highest BCUT2D eigenvalue weighted by Crippen LogP contribution is 2.39. The van der Waals surface area contributed by atoms with E-state index in [1.54, 1.807) is 33.5 Å². The van der Waals surface area contributed by atoms with E-state index in [0.29, 0.717) is 35.4 Å². The Balaban J connectivity index is 2.43. The van der Waals surface area contributed by atoms with Crippen LogP contribution in [-0.4, -0.2) is 31.5 Å². The Morgan fingerprint density at radius 1 is 1.14 bits per heavy atom. The molecule has 0 radical (unpaired) electrons. The van der Waals surface area contributed by atoms with Crippen molar-refractivity contribution in [2.24, 2.45) is 5.73 Å². The van der Waals surface area contributed by atoms with E-state index in [1.807, 2.05) is 6.92 Å². The second-order valence-corrected chi connectivity index (χ2v) is 4.34. The summed E-state index contributed by atoms with van der Waals surface area (Å²) in [6.07, 6.45) is 0.662. The highest BCUT2D eigenvalue weighted by molar-refractivity contribution is 5.54. The molecule has 1 atom stereocenters. The normalized spacial score (nSPS) is 12.0. The molecular weight excluding hydrogens is 274 g/mol. The van der Waals surface area contributed by atoms with Crippen LogP contribution in [-0.2, 0) is 6.42 Å².